The number of carbonyl (C=O) groups excluding carboxylic acids is 1. The van der Waals surface area contributed by atoms with E-state index < -0.39 is 30.0 Å². The Morgan fingerprint density at radius 2 is 1.82 bits per heavy atom. The summed E-state index contributed by atoms with van der Waals surface area (Å²) >= 11 is 0. The number of nitrogens with two attached hydrogens (primary N) is 1. The van der Waals surface area contributed by atoms with E-state index in [1.807, 2.05) is 42.3 Å². The lowest BCUT2D eigenvalue weighted by Crippen LogP contribution is -2.38. The van der Waals surface area contributed by atoms with Gasteiger partial charge in [0.25, 0.3) is 5.91 Å². The highest BCUT2D eigenvalue weighted by Crippen LogP contribution is 2.38. The lowest BCUT2D eigenvalue weighted by atomic mass is 10.0. The zero-order valence-electron chi connectivity index (χ0n) is 22.8. The molecular formula is C28H31F2N5O5. The molecule has 0 bridgehead atoms. The number of fused-ring (bicyclic) bond motifs is 1. The molecule has 0 fully saturated rings. The summed E-state index contributed by atoms with van der Waals surface area (Å²) in [5, 5.41) is 14.9. The van der Waals surface area contributed by atoms with Crippen LogP contribution in [0.4, 0.5) is 14.6 Å². The van der Waals surface area contributed by atoms with Gasteiger partial charge in [0.1, 0.15) is 23.2 Å². The van der Waals surface area contributed by atoms with Crippen molar-refractivity contribution in [1.29, 1.82) is 0 Å². The third kappa shape index (κ3) is 6.07. The van der Waals surface area contributed by atoms with E-state index >= 15 is 0 Å². The van der Waals surface area contributed by atoms with Gasteiger partial charge in [-0.3, -0.25) is 4.79 Å². The number of aliphatic hydroxyl groups is 1. The Balaban J connectivity index is 1.88. The highest BCUT2D eigenvalue weighted by Gasteiger charge is 2.28. The van der Waals surface area contributed by atoms with E-state index in [2.05, 4.69) is 9.84 Å². The normalized spacial score (nSPS) is 12.4. The second-order valence-electron chi connectivity index (χ2n) is 9.80. The summed E-state index contributed by atoms with van der Waals surface area (Å²) < 4.78 is 43.9. The molecule has 40 heavy (non-hydrogen) atoms. The van der Waals surface area contributed by atoms with E-state index in [9.17, 15) is 18.7 Å². The maximum Gasteiger partial charge on any atom is 0.387 e. The molecule has 0 aliphatic heterocycles. The summed E-state index contributed by atoms with van der Waals surface area (Å²) in [5.41, 5.74) is 6.18. The predicted molar refractivity (Wildman–Crippen MR) is 145 cm³/mol. The molecule has 212 valence electrons. The van der Waals surface area contributed by atoms with Crippen molar-refractivity contribution in [2.45, 2.75) is 45.6 Å². The number of ether oxygens (including phenoxy) is 3. The van der Waals surface area contributed by atoms with Crippen molar-refractivity contribution in [3.8, 4) is 28.4 Å². The quantitative estimate of drug-likeness (QED) is 0.281. The molecule has 3 N–H and O–H groups in total. The highest BCUT2D eigenvalue weighted by molar-refractivity contribution is 6.00. The van der Waals surface area contributed by atoms with Crippen LogP contribution in [0.25, 0.3) is 16.8 Å². The Morgan fingerprint density at radius 3 is 2.42 bits per heavy atom. The van der Waals surface area contributed by atoms with Crippen molar-refractivity contribution in [3.63, 3.8) is 0 Å². The molecule has 1 amide bonds. The van der Waals surface area contributed by atoms with Gasteiger partial charge in [-0.15, -0.1) is 0 Å². The highest BCUT2D eigenvalue weighted by atomic mass is 19.3. The van der Waals surface area contributed by atoms with Crippen molar-refractivity contribution in [2.75, 3.05) is 19.1 Å². The Kier molecular flexibility index (Phi) is 8.10. The van der Waals surface area contributed by atoms with Gasteiger partial charge in [0, 0.05) is 19.2 Å². The molecule has 1 unspecified atom stereocenters. The Hall–Kier alpha value is -4.45. The second kappa shape index (κ2) is 11.3. The summed E-state index contributed by atoms with van der Waals surface area (Å²) in [6.45, 7) is 2.33. The average molecular weight is 556 g/mol. The first-order valence-electron chi connectivity index (χ1n) is 12.4. The van der Waals surface area contributed by atoms with Crippen LogP contribution in [0.2, 0.25) is 0 Å². The SMILES string of the molecule is COc1cc(-c2cnn3cc(OC(C)C(C)(C)O)c(N(C)Cc4ccccc4)nc23)cc(OC(F)F)c1C(N)=O. The number of nitrogens with zero attached hydrogens (tertiary/aromatic N) is 4. The second-order valence-corrected chi connectivity index (χ2v) is 9.80. The number of carbonyl (C=O) groups is 1. The van der Waals surface area contributed by atoms with Crippen LogP contribution in [0.1, 0.15) is 36.7 Å². The van der Waals surface area contributed by atoms with Crippen LogP contribution in [0.5, 0.6) is 17.2 Å². The molecule has 12 heteroatoms. The molecule has 2 heterocycles. The molecule has 0 saturated carbocycles. The maximum atomic E-state index is 13.2. The Morgan fingerprint density at radius 1 is 1.15 bits per heavy atom. The summed E-state index contributed by atoms with van der Waals surface area (Å²) in [7, 11) is 3.14. The molecule has 0 radical (unpaired) electrons. The molecule has 10 nitrogen and oxygen atoms in total. The van der Waals surface area contributed by atoms with Gasteiger partial charge in [-0.1, -0.05) is 30.3 Å². The number of hydrogen-bond donors (Lipinski definition) is 2. The van der Waals surface area contributed by atoms with Gasteiger partial charge in [-0.25, -0.2) is 9.50 Å². The number of anilines is 1. The topological polar surface area (TPSA) is 124 Å². The van der Waals surface area contributed by atoms with Crippen LogP contribution >= 0.6 is 0 Å². The van der Waals surface area contributed by atoms with E-state index in [4.69, 9.17) is 20.2 Å². The van der Waals surface area contributed by atoms with Crippen molar-refractivity contribution >= 4 is 17.4 Å². The minimum absolute atomic E-state index is 0.0413. The lowest BCUT2D eigenvalue weighted by molar-refractivity contribution is -0.0502. The van der Waals surface area contributed by atoms with Gasteiger partial charge in [0.2, 0.25) is 0 Å². The molecule has 1 atom stereocenters. The summed E-state index contributed by atoms with van der Waals surface area (Å²) in [6.07, 6.45) is 2.54. The average Bonchev–Trinajstić information content (AvgIpc) is 3.30. The number of amides is 1. The Bertz CT molecular complexity index is 1500. The van der Waals surface area contributed by atoms with Gasteiger partial charge < -0.3 is 30.0 Å². The van der Waals surface area contributed by atoms with Crippen molar-refractivity contribution in [3.05, 3.63) is 66.0 Å². The fourth-order valence-corrected chi connectivity index (χ4v) is 4.05. The van der Waals surface area contributed by atoms with Crippen LogP contribution in [0, 0.1) is 0 Å². The third-order valence-corrected chi connectivity index (χ3v) is 6.42. The summed E-state index contributed by atoms with van der Waals surface area (Å²) in [4.78, 5) is 18.7. The van der Waals surface area contributed by atoms with Crippen LogP contribution in [0.15, 0.2) is 54.9 Å². The van der Waals surface area contributed by atoms with E-state index in [1.54, 1.807) is 27.0 Å². The fourth-order valence-electron chi connectivity index (χ4n) is 4.05. The van der Waals surface area contributed by atoms with Gasteiger partial charge in [0.05, 0.1) is 25.1 Å². The maximum absolute atomic E-state index is 13.2. The first-order chi connectivity index (χ1) is 18.9. The molecule has 0 aliphatic carbocycles. The standard InChI is InChI=1S/C28H31F2N5O5/c1-16(28(2,3)37)39-22-15-35-25(33-26(22)34(4)14-17-9-7-6-8-10-17)19(13-32-35)18-11-20(38-5)23(24(31)36)21(12-18)40-27(29)30/h6-13,15-16,27,37H,14H2,1-5H3,(H2,31,36). The smallest absolute Gasteiger partial charge is 0.387 e. The molecule has 0 saturated heterocycles. The minimum atomic E-state index is -3.20. The zero-order valence-corrected chi connectivity index (χ0v) is 22.8. The van der Waals surface area contributed by atoms with Gasteiger partial charge >= 0.3 is 6.61 Å². The van der Waals surface area contributed by atoms with Gasteiger partial charge in [-0.2, -0.15) is 13.9 Å². The monoisotopic (exact) mass is 555 g/mol. The fraction of sp³-hybridized carbons (Fsp3) is 0.321. The molecule has 2 aromatic carbocycles. The largest absolute Gasteiger partial charge is 0.496 e. The molecule has 2 aromatic heterocycles. The van der Waals surface area contributed by atoms with E-state index in [0.29, 0.717) is 34.9 Å². The minimum Gasteiger partial charge on any atom is -0.496 e. The number of aromatic nitrogens is 3. The first-order valence-corrected chi connectivity index (χ1v) is 12.4. The number of methoxy groups -OCH3 is 1. The zero-order chi connectivity index (χ0) is 29.2. The summed E-state index contributed by atoms with van der Waals surface area (Å²) in [5.74, 6) is -0.626. The number of alkyl halides is 2. The van der Waals surface area contributed by atoms with E-state index in [1.165, 1.54) is 30.0 Å². The van der Waals surface area contributed by atoms with Crippen molar-refractivity contribution in [1.82, 2.24) is 14.6 Å². The van der Waals surface area contributed by atoms with Crippen LogP contribution in [-0.4, -0.2) is 58.1 Å². The number of benzene rings is 2. The number of primary amides is 1. The van der Waals surface area contributed by atoms with Crippen LogP contribution < -0.4 is 24.8 Å². The van der Waals surface area contributed by atoms with Gasteiger partial charge in [0.15, 0.2) is 17.2 Å². The summed E-state index contributed by atoms with van der Waals surface area (Å²) in [6, 6.07) is 12.5. The van der Waals surface area contributed by atoms with Crippen LogP contribution in [-0.2, 0) is 6.54 Å². The number of rotatable bonds is 11. The third-order valence-electron chi connectivity index (χ3n) is 6.42. The number of hydrogen-bond acceptors (Lipinski definition) is 8. The van der Waals surface area contributed by atoms with Gasteiger partial charge in [-0.05, 0) is 44.0 Å². The molecule has 4 rings (SSSR count). The molecule has 0 spiro atoms. The molecular weight excluding hydrogens is 524 g/mol. The number of halogens is 2. The van der Waals surface area contributed by atoms with E-state index in [-0.39, 0.29) is 11.3 Å². The lowest BCUT2D eigenvalue weighted by Gasteiger charge is -2.29. The van der Waals surface area contributed by atoms with E-state index in [0.717, 1.165) is 5.56 Å². The molecule has 0 aliphatic rings. The predicted octanol–water partition coefficient (Wildman–Crippen LogP) is 4.28. The first kappa shape index (κ1) is 28.6. The van der Waals surface area contributed by atoms with Crippen LogP contribution in [0.3, 0.4) is 0 Å². The van der Waals surface area contributed by atoms with Crippen molar-refractivity contribution in [2.24, 2.45) is 5.73 Å². The Labute approximate surface area is 229 Å². The van der Waals surface area contributed by atoms with Crippen molar-refractivity contribution < 1.29 is 32.9 Å². The molecule has 4 aromatic rings.